The number of carbonyl (C=O) groups is 1. The molecule has 0 radical (unpaired) electrons. The van der Waals surface area contributed by atoms with Crippen molar-refractivity contribution in [2.45, 2.75) is 45.1 Å². The number of nitrogens with two attached hydrogens (primary N) is 1. The average molecular weight is 224 g/mol. The fourth-order valence-corrected chi connectivity index (χ4v) is 3.02. The predicted octanol–water partition coefficient (Wildman–Crippen LogP) is 1.62. The Morgan fingerprint density at radius 3 is 2.25 bits per heavy atom. The maximum absolute atomic E-state index is 12.3. The molecule has 2 aliphatic carbocycles. The SMILES string of the molecule is CN(C(=O)C1C2CCCCC21)C(C)(C)CN. The summed E-state index contributed by atoms with van der Waals surface area (Å²) in [5.41, 5.74) is 5.51. The third kappa shape index (κ3) is 1.86. The zero-order valence-electron chi connectivity index (χ0n) is 10.7. The molecule has 2 aliphatic rings. The zero-order valence-corrected chi connectivity index (χ0v) is 10.7. The van der Waals surface area contributed by atoms with Gasteiger partial charge in [-0.1, -0.05) is 12.8 Å². The first-order valence-corrected chi connectivity index (χ1v) is 6.47. The van der Waals surface area contributed by atoms with Gasteiger partial charge in [0.25, 0.3) is 0 Å². The van der Waals surface area contributed by atoms with Crippen molar-refractivity contribution in [1.82, 2.24) is 4.90 Å². The summed E-state index contributed by atoms with van der Waals surface area (Å²) in [6.45, 7) is 4.60. The van der Waals surface area contributed by atoms with Gasteiger partial charge in [0.15, 0.2) is 0 Å². The zero-order chi connectivity index (χ0) is 11.9. The molecule has 2 saturated carbocycles. The molecule has 16 heavy (non-hydrogen) atoms. The molecule has 0 aromatic carbocycles. The third-order valence-electron chi connectivity index (χ3n) is 4.68. The van der Waals surface area contributed by atoms with Crippen molar-refractivity contribution in [3.63, 3.8) is 0 Å². The topological polar surface area (TPSA) is 46.3 Å². The van der Waals surface area contributed by atoms with Crippen molar-refractivity contribution in [3.05, 3.63) is 0 Å². The van der Waals surface area contributed by atoms with Crippen molar-refractivity contribution in [2.75, 3.05) is 13.6 Å². The lowest BCUT2D eigenvalue weighted by Gasteiger charge is -2.35. The molecular weight excluding hydrogens is 200 g/mol. The number of carbonyl (C=O) groups excluding carboxylic acids is 1. The molecule has 0 aliphatic heterocycles. The van der Waals surface area contributed by atoms with Crippen molar-refractivity contribution < 1.29 is 4.79 Å². The van der Waals surface area contributed by atoms with Crippen LogP contribution in [0.4, 0.5) is 0 Å². The Hall–Kier alpha value is -0.570. The van der Waals surface area contributed by atoms with Crippen molar-refractivity contribution in [3.8, 4) is 0 Å². The molecule has 2 fully saturated rings. The fourth-order valence-electron chi connectivity index (χ4n) is 3.02. The van der Waals surface area contributed by atoms with Gasteiger partial charge in [-0.25, -0.2) is 0 Å². The van der Waals surface area contributed by atoms with E-state index in [-0.39, 0.29) is 5.54 Å². The van der Waals surface area contributed by atoms with Crippen LogP contribution in [0, 0.1) is 17.8 Å². The van der Waals surface area contributed by atoms with E-state index in [1.54, 1.807) is 0 Å². The highest BCUT2D eigenvalue weighted by molar-refractivity contribution is 5.82. The van der Waals surface area contributed by atoms with Gasteiger partial charge in [-0.2, -0.15) is 0 Å². The normalized spacial score (nSPS) is 33.1. The van der Waals surface area contributed by atoms with E-state index in [0.29, 0.717) is 30.2 Å². The van der Waals surface area contributed by atoms with Crippen LogP contribution in [-0.2, 0) is 4.79 Å². The molecule has 1 amide bonds. The number of fused-ring (bicyclic) bond motifs is 1. The minimum Gasteiger partial charge on any atom is -0.339 e. The van der Waals surface area contributed by atoms with E-state index < -0.39 is 0 Å². The third-order valence-corrected chi connectivity index (χ3v) is 4.68. The Balaban J connectivity index is 1.98. The van der Waals surface area contributed by atoms with Gasteiger partial charge in [-0.3, -0.25) is 4.79 Å². The molecule has 92 valence electrons. The van der Waals surface area contributed by atoms with Gasteiger partial charge in [-0.15, -0.1) is 0 Å². The van der Waals surface area contributed by atoms with Gasteiger partial charge in [0.1, 0.15) is 0 Å². The first kappa shape index (κ1) is 11.9. The molecule has 2 unspecified atom stereocenters. The maximum Gasteiger partial charge on any atom is 0.226 e. The number of hydrogen-bond donors (Lipinski definition) is 1. The number of nitrogens with zero attached hydrogens (tertiary/aromatic N) is 1. The monoisotopic (exact) mass is 224 g/mol. The van der Waals surface area contributed by atoms with Gasteiger partial charge >= 0.3 is 0 Å². The van der Waals surface area contributed by atoms with Crippen molar-refractivity contribution >= 4 is 5.91 Å². The van der Waals surface area contributed by atoms with Crippen LogP contribution in [-0.4, -0.2) is 29.9 Å². The summed E-state index contributed by atoms with van der Waals surface area (Å²) in [5, 5.41) is 0. The molecule has 3 heteroatoms. The van der Waals surface area contributed by atoms with Crippen LogP contribution < -0.4 is 5.73 Å². The molecule has 0 aromatic rings. The van der Waals surface area contributed by atoms with Crippen LogP contribution in [0.25, 0.3) is 0 Å². The van der Waals surface area contributed by atoms with E-state index in [1.165, 1.54) is 25.7 Å². The van der Waals surface area contributed by atoms with Gasteiger partial charge in [0, 0.05) is 25.0 Å². The van der Waals surface area contributed by atoms with E-state index >= 15 is 0 Å². The average Bonchev–Trinajstić information content (AvgIpc) is 3.01. The van der Waals surface area contributed by atoms with E-state index in [0.717, 1.165) is 0 Å². The minimum atomic E-state index is -0.206. The summed E-state index contributed by atoms with van der Waals surface area (Å²) in [5.74, 6) is 2.03. The van der Waals surface area contributed by atoms with E-state index in [4.69, 9.17) is 5.73 Å². The van der Waals surface area contributed by atoms with E-state index in [2.05, 4.69) is 0 Å². The summed E-state index contributed by atoms with van der Waals surface area (Å²) >= 11 is 0. The molecule has 0 spiro atoms. The quantitative estimate of drug-likeness (QED) is 0.792. The van der Waals surface area contributed by atoms with Crippen molar-refractivity contribution in [1.29, 1.82) is 0 Å². The van der Waals surface area contributed by atoms with Crippen LogP contribution in [0.2, 0.25) is 0 Å². The van der Waals surface area contributed by atoms with Crippen molar-refractivity contribution in [2.24, 2.45) is 23.5 Å². The second-order valence-corrected chi connectivity index (χ2v) is 6.05. The summed E-state index contributed by atoms with van der Waals surface area (Å²) in [6.07, 6.45) is 5.15. The molecule has 0 heterocycles. The molecule has 3 nitrogen and oxygen atoms in total. The molecule has 0 saturated heterocycles. The minimum absolute atomic E-state index is 0.206. The number of amides is 1. The first-order valence-electron chi connectivity index (χ1n) is 6.47. The molecular formula is C13H24N2O. The van der Waals surface area contributed by atoms with Crippen LogP contribution in [0.1, 0.15) is 39.5 Å². The summed E-state index contributed by atoms with van der Waals surface area (Å²) < 4.78 is 0. The lowest BCUT2D eigenvalue weighted by atomic mass is 10.0. The Labute approximate surface area is 98.4 Å². The van der Waals surface area contributed by atoms with Gasteiger partial charge in [0.05, 0.1) is 0 Å². The molecule has 0 bridgehead atoms. The van der Waals surface area contributed by atoms with Gasteiger partial charge in [0.2, 0.25) is 5.91 Å². The second kappa shape index (κ2) is 4.02. The molecule has 2 atom stereocenters. The Morgan fingerprint density at radius 2 is 1.81 bits per heavy atom. The highest BCUT2D eigenvalue weighted by atomic mass is 16.2. The maximum atomic E-state index is 12.3. The highest BCUT2D eigenvalue weighted by Crippen LogP contribution is 2.56. The Bertz CT molecular complexity index is 276. The number of rotatable bonds is 3. The van der Waals surface area contributed by atoms with E-state index in [1.807, 2.05) is 25.8 Å². The van der Waals surface area contributed by atoms with Crippen LogP contribution >= 0.6 is 0 Å². The van der Waals surface area contributed by atoms with Gasteiger partial charge in [-0.05, 0) is 38.5 Å². The lowest BCUT2D eigenvalue weighted by molar-refractivity contribution is -0.136. The standard InChI is InChI=1S/C13H24N2O/c1-13(2,8-14)15(3)12(16)11-9-6-4-5-7-10(9)11/h9-11H,4-8,14H2,1-3H3. The number of hydrogen-bond acceptors (Lipinski definition) is 2. The number of likely N-dealkylation sites (N-methyl/N-ethyl adjacent to an activating group) is 1. The predicted molar refractivity (Wildman–Crippen MR) is 64.8 cm³/mol. The molecule has 2 N–H and O–H groups in total. The smallest absolute Gasteiger partial charge is 0.226 e. The highest BCUT2D eigenvalue weighted by Gasteiger charge is 2.56. The largest absolute Gasteiger partial charge is 0.339 e. The fraction of sp³-hybridized carbons (Fsp3) is 0.923. The Kier molecular flexibility index (Phi) is 2.99. The van der Waals surface area contributed by atoms with Crippen LogP contribution in [0.15, 0.2) is 0 Å². The summed E-state index contributed by atoms with van der Waals surface area (Å²) in [4.78, 5) is 14.2. The first-order chi connectivity index (χ1) is 7.49. The lowest BCUT2D eigenvalue weighted by Crippen LogP contribution is -2.50. The summed E-state index contributed by atoms with van der Waals surface area (Å²) in [7, 11) is 1.90. The van der Waals surface area contributed by atoms with E-state index in [9.17, 15) is 4.79 Å². The van der Waals surface area contributed by atoms with Crippen LogP contribution in [0.3, 0.4) is 0 Å². The molecule has 0 aromatic heterocycles. The van der Waals surface area contributed by atoms with Gasteiger partial charge < -0.3 is 10.6 Å². The molecule has 2 rings (SSSR count). The summed E-state index contributed by atoms with van der Waals surface area (Å²) in [6, 6.07) is 0. The second-order valence-electron chi connectivity index (χ2n) is 6.05. The Morgan fingerprint density at radius 1 is 1.31 bits per heavy atom. The van der Waals surface area contributed by atoms with Crippen LogP contribution in [0.5, 0.6) is 0 Å².